The molecule has 9 heteroatoms. The number of amides is 2. The van der Waals surface area contributed by atoms with E-state index in [9.17, 15) is 9.59 Å². The van der Waals surface area contributed by atoms with Gasteiger partial charge in [0.25, 0.3) is 5.91 Å². The highest BCUT2D eigenvalue weighted by Crippen LogP contribution is 2.32. The van der Waals surface area contributed by atoms with Crippen molar-refractivity contribution in [3.05, 3.63) is 53.1 Å². The van der Waals surface area contributed by atoms with Crippen LogP contribution in [0, 0.1) is 5.92 Å². The molecule has 3 aliphatic heterocycles. The minimum atomic E-state index is -0.375. The lowest BCUT2D eigenvalue weighted by atomic mass is 9.94. The zero-order valence-electron chi connectivity index (χ0n) is 21.7. The lowest BCUT2D eigenvalue weighted by Crippen LogP contribution is -2.44. The van der Waals surface area contributed by atoms with Crippen LogP contribution in [0.15, 0.2) is 41.5 Å². The highest BCUT2D eigenvalue weighted by Gasteiger charge is 2.29. The fourth-order valence-electron chi connectivity index (χ4n) is 5.27. The summed E-state index contributed by atoms with van der Waals surface area (Å²) in [5.74, 6) is 1.01. The summed E-state index contributed by atoms with van der Waals surface area (Å²) >= 11 is 0. The summed E-state index contributed by atoms with van der Waals surface area (Å²) in [6, 6.07) is 11.6. The number of hydrogen-bond acceptors (Lipinski definition) is 7. The van der Waals surface area contributed by atoms with Crippen molar-refractivity contribution in [2.24, 2.45) is 11.0 Å². The van der Waals surface area contributed by atoms with Gasteiger partial charge in [-0.15, -0.1) is 0 Å². The lowest BCUT2D eigenvalue weighted by Gasteiger charge is -2.35. The molecule has 37 heavy (non-hydrogen) atoms. The smallest absolute Gasteiger partial charge is 0.253 e. The molecule has 3 heterocycles. The maximum Gasteiger partial charge on any atom is 0.253 e. The van der Waals surface area contributed by atoms with Crippen LogP contribution in [0.5, 0.6) is 11.5 Å². The van der Waals surface area contributed by atoms with Crippen LogP contribution in [0.3, 0.4) is 0 Å². The van der Waals surface area contributed by atoms with Crippen LogP contribution in [0.2, 0.25) is 0 Å². The van der Waals surface area contributed by atoms with Crippen molar-refractivity contribution in [3.63, 3.8) is 0 Å². The molecule has 2 aromatic rings. The van der Waals surface area contributed by atoms with E-state index in [2.05, 4.69) is 27.8 Å². The van der Waals surface area contributed by atoms with Gasteiger partial charge < -0.3 is 30.0 Å². The molecule has 1 fully saturated rings. The van der Waals surface area contributed by atoms with Gasteiger partial charge in [-0.3, -0.25) is 9.59 Å². The van der Waals surface area contributed by atoms with Crippen LogP contribution in [-0.2, 0) is 11.2 Å². The third-order valence-electron chi connectivity index (χ3n) is 7.71. The van der Waals surface area contributed by atoms with E-state index in [-0.39, 0.29) is 36.3 Å². The molecular formula is C28H35N5O4. The number of nitrogens with zero attached hydrogens (tertiary/aromatic N) is 3. The summed E-state index contributed by atoms with van der Waals surface area (Å²) < 4.78 is 11.5. The van der Waals surface area contributed by atoms with E-state index in [4.69, 9.17) is 9.47 Å². The van der Waals surface area contributed by atoms with Gasteiger partial charge in [0.15, 0.2) is 0 Å². The Morgan fingerprint density at radius 3 is 2.73 bits per heavy atom. The predicted octanol–water partition coefficient (Wildman–Crippen LogP) is 2.72. The zero-order valence-corrected chi connectivity index (χ0v) is 21.7. The normalized spacial score (nSPS) is 21.5. The Balaban J connectivity index is 1.25. The molecule has 1 saturated heterocycles. The summed E-state index contributed by atoms with van der Waals surface area (Å²) in [5.41, 5.74) is 6.16. The van der Waals surface area contributed by atoms with E-state index in [1.165, 1.54) is 0 Å². The van der Waals surface area contributed by atoms with E-state index in [0.29, 0.717) is 23.4 Å². The molecule has 0 aromatic heterocycles. The second-order valence-electron chi connectivity index (χ2n) is 10.2. The summed E-state index contributed by atoms with van der Waals surface area (Å²) in [4.78, 5) is 30.6. The van der Waals surface area contributed by atoms with Crippen LogP contribution in [-0.4, -0.2) is 81.3 Å². The Morgan fingerprint density at radius 2 is 2.00 bits per heavy atom. The number of nitrogens with one attached hydrogen (secondary N) is 2. The first kappa shape index (κ1) is 25.1. The predicted molar refractivity (Wildman–Crippen MR) is 143 cm³/mol. The molecule has 196 valence electrons. The molecule has 0 bridgehead atoms. The van der Waals surface area contributed by atoms with Crippen molar-refractivity contribution in [1.29, 1.82) is 0 Å². The lowest BCUT2D eigenvalue weighted by molar-refractivity contribution is -0.121. The molecule has 2 unspecified atom stereocenters. The summed E-state index contributed by atoms with van der Waals surface area (Å²) in [6.07, 6.45) is 4.33. The van der Waals surface area contributed by atoms with Gasteiger partial charge >= 0.3 is 0 Å². The summed E-state index contributed by atoms with van der Waals surface area (Å²) in [6.45, 7) is 3.02. The number of likely N-dealkylation sites (tertiary alicyclic amines) is 1. The molecule has 5 rings (SSSR count). The van der Waals surface area contributed by atoms with Crippen molar-refractivity contribution in [3.8, 4) is 11.5 Å². The third kappa shape index (κ3) is 5.41. The number of hydrazone groups is 1. The number of methoxy groups -OCH3 is 1. The number of carbonyl (C=O) groups excluding carboxylic acids is 2. The van der Waals surface area contributed by atoms with Gasteiger partial charge in [0.1, 0.15) is 18.1 Å². The molecule has 0 aliphatic carbocycles. The van der Waals surface area contributed by atoms with Crippen LogP contribution >= 0.6 is 0 Å². The van der Waals surface area contributed by atoms with E-state index in [1.54, 1.807) is 7.11 Å². The Hall–Kier alpha value is -3.59. The van der Waals surface area contributed by atoms with E-state index >= 15 is 0 Å². The second kappa shape index (κ2) is 10.8. The van der Waals surface area contributed by atoms with E-state index < -0.39 is 0 Å². The highest BCUT2D eigenvalue weighted by atomic mass is 16.5. The molecule has 0 spiro atoms. The number of fused-ring (bicyclic) bond motifs is 1. The minimum Gasteiger partial charge on any atom is -0.495 e. The van der Waals surface area contributed by atoms with Gasteiger partial charge in [0.2, 0.25) is 5.91 Å². The van der Waals surface area contributed by atoms with Gasteiger partial charge in [-0.25, -0.2) is 0 Å². The molecule has 0 saturated carbocycles. The Kier molecular flexibility index (Phi) is 7.32. The summed E-state index contributed by atoms with van der Waals surface area (Å²) in [5, 5.41) is 7.08. The summed E-state index contributed by atoms with van der Waals surface area (Å²) in [7, 11) is 5.60. The third-order valence-corrected chi connectivity index (χ3v) is 7.71. The van der Waals surface area contributed by atoms with Gasteiger partial charge in [0, 0.05) is 37.3 Å². The number of rotatable bonds is 6. The number of piperidine rings is 1. The molecule has 2 amide bonds. The Bertz CT molecular complexity index is 1190. The number of hydrogen-bond donors (Lipinski definition) is 2. The van der Waals surface area contributed by atoms with Gasteiger partial charge in [-0.1, -0.05) is 6.07 Å². The minimum absolute atomic E-state index is 0.0104. The average molecular weight is 506 g/mol. The number of benzene rings is 2. The molecule has 2 N–H and O–H groups in total. The molecule has 3 aliphatic rings. The van der Waals surface area contributed by atoms with E-state index in [0.717, 1.165) is 49.4 Å². The van der Waals surface area contributed by atoms with Crippen LogP contribution in [0.25, 0.3) is 0 Å². The monoisotopic (exact) mass is 505 g/mol. The number of carbonyl (C=O) groups is 2. The second-order valence-corrected chi connectivity index (χ2v) is 10.2. The Morgan fingerprint density at radius 1 is 1.19 bits per heavy atom. The topological polar surface area (TPSA) is 95.5 Å². The SMILES string of the molecule is COc1cc(C2C=NNC2)ccc1NC(=O)C1COc2ccc(C(=O)N(C)C3CCN(C)CC3)cc2C1. The van der Waals surface area contributed by atoms with Gasteiger partial charge in [-0.05, 0) is 80.9 Å². The molecule has 2 aromatic carbocycles. The van der Waals surface area contributed by atoms with Crippen LogP contribution < -0.4 is 20.2 Å². The molecule has 9 nitrogen and oxygen atoms in total. The first-order chi connectivity index (χ1) is 17.9. The fraction of sp³-hybridized carbons (Fsp3) is 0.464. The highest BCUT2D eigenvalue weighted by molar-refractivity contribution is 5.96. The van der Waals surface area contributed by atoms with Gasteiger partial charge in [-0.2, -0.15) is 5.10 Å². The first-order valence-electron chi connectivity index (χ1n) is 12.9. The average Bonchev–Trinajstić information content (AvgIpc) is 3.47. The van der Waals surface area contributed by atoms with Crippen LogP contribution in [0.1, 0.15) is 40.2 Å². The van der Waals surface area contributed by atoms with E-state index in [1.807, 2.05) is 54.6 Å². The van der Waals surface area contributed by atoms with Crippen molar-refractivity contribution < 1.29 is 19.1 Å². The number of anilines is 1. The van der Waals surface area contributed by atoms with Crippen molar-refractivity contribution >= 4 is 23.7 Å². The standard InChI is InChI=1S/C28H35N5O4/c1-32-10-8-23(9-11-32)33(2)28(35)19-5-7-25-20(12-19)13-21(17-37-25)27(34)31-24-6-4-18(14-26(24)36-3)22-15-29-30-16-22/h4-7,12,14-15,21-23,30H,8-11,13,16-17H2,1-3H3,(H,31,34). The maximum absolute atomic E-state index is 13.2. The Labute approximate surface area is 217 Å². The maximum atomic E-state index is 13.2. The largest absolute Gasteiger partial charge is 0.495 e. The van der Waals surface area contributed by atoms with Gasteiger partial charge in [0.05, 0.1) is 18.7 Å². The zero-order chi connectivity index (χ0) is 25.9. The quantitative estimate of drug-likeness (QED) is 0.627. The first-order valence-corrected chi connectivity index (χ1v) is 12.9. The molecule has 0 radical (unpaired) electrons. The van der Waals surface area contributed by atoms with Crippen molar-refractivity contribution in [1.82, 2.24) is 15.2 Å². The van der Waals surface area contributed by atoms with Crippen molar-refractivity contribution in [2.75, 3.05) is 52.8 Å². The van der Waals surface area contributed by atoms with Crippen molar-refractivity contribution in [2.45, 2.75) is 31.2 Å². The fourth-order valence-corrected chi connectivity index (χ4v) is 5.27. The number of ether oxygens (including phenoxy) is 2. The molecule has 2 atom stereocenters. The van der Waals surface area contributed by atoms with Crippen LogP contribution in [0.4, 0.5) is 5.69 Å². The molecular weight excluding hydrogens is 470 g/mol.